The maximum absolute atomic E-state index is 13.6. The Hall–Kier alpha value is -1.74. The van der Waals surface area contributed by atoms with Crippen molar-refractivity contribution in [1.82, 2.24) is 5.32 Å². The average Bonchev–Trinajstić information content (AvgIpc) is 2.57. The summed E-state index contributed by atoms with van der Waals surface area (Å²) in [4.78, 5) is 23.8. The Morgan fingerprint density at radius 2 is 1.66 bits per heavy atom. The molecule has 0 bridgehead atoms. The van der Waals surface area contributed by atoms with Crippen molar-refractivity contribution in [1.29, 1.82) is 0 Å². The van der Waals surface area contributed by atoms with Crippen LogP contribution in [-0.2, 0) is 29.1 Å². The predicted octanol–water partition coefficient (Wildman–Crippen LogP) is 2.36. The molecule has 0 aromatic carbocycles. The number of alkyl carbamates (subject to hydrolysis) is 1. The molecule has 1 unspecified atom stereocenters. The zero-order valence-corrected chi connectivity index (χ0v) is 15.9. The number of amides is 1. The predicted molar refractivity (Wildman–Crippen MR) is 84.4 cm³/mol. The molecule has 0 heterocycles. The number of esters is 1. The van der Waals surface area contributed by atoms with Crippen molar-refractivity contribution in [2.24, 2.45) is 0 Å². The highest BCUT2D eigenvalue weighted by atomic mass is 32.2. The molecule has 1 atom stereocenters. The van der Waals surface area contributed by atoms with E-state index in [0.29, 0.717) is 25.7 Å². The first-order valence-corrected chi connectivity index (χ1v) is 9.82. The zero-order chi connectivity index (χ0) is 22.5. The van der Waals surface area contributed by atoms with Gasteiger partial charge in [-0.15, -0.1) is 0 Å². The minimum Gasteiger partial charge on any atom is -0.461 e. The Bertz CT molecular complexity index is 693. The van der Waals surface area contributed by atoms with Crippen LogP contribution in [-0.4, -0.2) is 61.5 Å². The second-order valence-corrected chi connectivity index (χ2v) is 7.65. The quantitative estimate of drug-likeness (QED) is 0.246. The van der Waals surface area contributed by atoms with Gasteiger partial charge in [0.25, 0.3) is 0 Å². The standard InChI is InChI=1S/C14H20F5NO8S/c1-2-26-10(21)13(14(17,18)19,27-8-12(15,16)29(23,24)25)28-11(22)20-9-6-4-3-5-7-9/h9H,2-8H2,1H3,(H,20,22)(H,23,24,25). The molecule has 1 saturated carbocycles. The Morgan fingerprint density at radius 1 is 1.10 bits per heavy atom. The van der Waals surface area contributed by atoms with Gasteiger partial charge in [-0.1, -0.05) is 19.3 Å². The average molecular weight is 457 g/mol. The molecule has 1 aliphatic carbocycles. The SMILES string of the molecule is CCOC(=O)C(OCC(F)(F)S(=O)(=O)O)(OC(=O)NC1CCCCC1)C(F)(F)F. The molecule has 2 N–H and O–H groups in total. The fourth-order valence-electron chi connectivity index (χ4n) is 2.45. The molecule has 0 saturated heterocycles. The summed E-state index contributed by atoms with van der Waals surface area (Å²) >= 11 is 0. The molecular formula is C14H20F5NO8S. The minimum atomic E-state index is -6.19. The van der Waals surface area contributed by atoms with E-state index in [1.165, 1.54) is 0 Å². The molecule has 0 aromatic heterocycles. The van der Waals surface area contributed by atoms with E-state index in [1.807, 2.05) is 0 Å². The fraction of sp³-hybridized carbons (Fsp3) is 0.857. The topological polar surface area (TPSA) is 128 Å². The first-order valence-electron chi connectivity index (χ1n) is 8.38. The third-order valence-electron chi connectivity index (χ3n) is 3.90. The molecular weight excluding hydrogens is 437 g/mol. The number of carbonyl (C=O) groups excluding carboxylic acids is 2. The number of rotatable bonds is 8. The van der Waals surface area contributed by atoms with E-state index in [0.717, 1.165) is 13.3 Å². The van der Waals surface area contributed by atoms with Crippen molar-refractivity contribution in [3.05, 3.63) is 0 Å². The molecule has 15 heteroatoms. The van der Waals surface area contributed by atoms with Crippen molar-refractivity contribution in [3.63, 3.8) is 0 Å². The Morgan fingerprint density at radius 3 is 2.10 bits per heavy atom. The van der Waals surface area contributed by atoms with Crippen LogP contribution in [0.15, 0.2) is 0 Å². The lowest BCUT2D eigenvalue weighted by Gasteiger charge is -2.33. The summed E-state index contributed by atoms with van der Waals surface area (Å²) in [5.74, 6) is -7.09. The molecule has 1 aliphatic rings. The first-order chi connectivity index (χ1) is 13.2. The molecule has 0 spiro atoms. The van der Waals surface area contributed by atoms with Crippen LogP contribution in [0.1, 0.15) is 39.0 Å². The number of ether oxygens (including phenoxy) is 3. The smallest absolute Gasteiger partial charge is 0.461 e. The number of hydrogen-bond donors (Lipinski definition) is 2. The highest BCUT2D eigenvalue weighted by Gasteiger charge is 2.69. The van der Waals surface area contributed by atoms with E-state index in [-0.39, 0.29) is 0 Å². The highest BCUT2D eigenvalue weighted by molar-refractivity contribution is 7.86. The van der Waals surface area contributed by atoms with Crippen molar-refractivity contribution < 1.29 is 58.7 Å². The van der Waals surface area contributed by atoms with Crippen LogP contribution in [0.3, 0.4) is 0 Å². The summed E-state index contributed by atoms with van der Waals surface area (Å²) in [7, 11) is -6.19. The van der Waals surface area contributed by atoms with E-state index in [9.17, 15) is 40.0 Å². The summed E-state index contributed by atoms with van der Waals surface area (Å²) in [5, 5.41) is -3.17. The van der Waals surface area contributed by atoms with Crippen LogP contribution in [0.4, 0.5) is 26.7 Å². The van der Waals surface area contributed by atoms with Crippen molar-refractivity contribution in [2.45, 2.75) is 62.3 Å². The van der Waals surface area contributed by atoms with Gasteiger partial charge in [-0.25, -0.2) is 9.59 Å². The number of halogens is 5. The van der Waals surface area contributed by atoms with E-state index in [2.05, 4.69) is 19.5 Å². The lowest BCUT2D eigenvalue weighted by Crippen LogP contribution is -2.61. The normalized spacial score (nSPS) is 18.6. The summed E-state index contributed by atoms with van der Waals surface area (Å²) in [6.07, 6.45) is -4.73. The van der Waals surface area contributed by atoms with Gasteiger partial charge in [0, 0.05) is 6.04 Å². The number of nitrogens with one attached hydrogen (secondary N) is 1. The van der Waals surface area contributed by atoms with Gasteiger partial charge in [0.05, 0.1) is 6.61 Å². The maximum Gasteiger partial charge on any atom is 0.468 e. The number of hydrogen-bond acceptors (Lipinski definition) is 7. The summed E-state index contributed by atoms with van der Waals surface area (Å²) < 4.78 is 109. The van der Waals surface area contributed by atoms with Crippen LogP contribution >= 0.6 is 0 Å². The van der Waals surface area contributed by atoms with Gasteiger partial charge < -0.3 is 19.5 Å². The number of carbonyl (C=O) groups is 2. The van der Waals surface area contributed by atoms with E-state index < -0.39 is 58.7 Å². The second-order valence-electron chi connectivity index (χ2n) is 6.10. The van der Waals surface area contributed by atoms with E-state index >= 15 is 0 Å². The van der Waals surface area contributed by atoms with Gasteiger partial charge in [-0.3, -0.25) is 4.55 Å². The van der Waals surface area contributed by atoms with Crippen LogP contribution < -0.4 is 5.32 Å². The molecule has 1 fully saturated rings. The van der Waals surface area contributed by atoms with Crippen LogP contribution in [0.5, 0.6) is 0 Å². The van der Waals surface area contributed by atoms with E-state index in [4.69, 9.17) is 4.55 Å². The molecule has 0 aliphatic heterocycles. The molecule has 1 rings (SSSR count). The molecule has 29 heavy (non-hydrogen) atoms. The second kappa shape index (κ2) is 9.38. The van der Waals surface area contributed by atoms with Gasteiger partial charge in [0.2, 0.25) is 0 Å². The lowest BCUT2D eigenvalue weighted by atomic mass is 9.96. The fourth-order valence-corrected chi connectivity index (χ4v) is 2.65. The third-order valence-corrected chi connectivity index (χ3v) is 4.77. The van der Waals surface area contributed by atoms with Crippen LogP contribution in [0, 0.1) is 0 Å². The Kier molecular flexibility index (Phi) is 8.18. The van der Waals surface area contributed by atoms with Crippen molar-refractivity contribution in [2.75, 3.05) is 13.2 Å². The minimum absolute atomic E-state index is 0.412. The van der Waals surface area contributed by atoms with Crippen molar-refractivity contribution >= 4 is 22.2 Å². The number of alkyl halides is 5. The van der Waals surface area contributed by atoms with Gasteiger partial charge in [0.15, 0.2) is 0 Å². The first kappa shape index (κ1) is 25.3. The van der Waals surface area contributed by atoms with Gasteiger partial charge in [-0.2, -0.15) is 30.4 Å². The van der Waals surface area contributed by atoms with Crippen molar-refractivity contribution in [3.8, 4) is 0 Å². The zero-order valence-electron chi connectivity index (χ0n) is 15.1. The molecule has 1 amide bonds. The largest absolute Gasteiger partial charge is 0.468 e. The molecule has 0 aromatic rings. The summed E-state index contributed by atoms with van der Waals surface area (Å²) in [6.45, 7) is -2.25. The van der Waals surface area contributed by atoms with Crippen LogP contribution in [0.2, 0.25) is 0 Å². The molecule has 0 radical (unpaired) electrons. The summed E-state index contributed by atoms with van der Waals surface area (Å²) in [6, 6.07) is -0.580. The highest BCUT2D eigenvalue weighted by Crippen LogP contribution is 2.38. The monoisotopic (exact) mass is 457 g/mol. The summed E-state index contributed by atoms with van der Waals surface area (Å²) in [5.41, 5.74) is 0. The van der Waals surface area contributed by atoms with E-state index in [1.54, 1.807) is 0 Å². The molecule has 9 nitrogen and oxygen atoms in total. The van der Waals surface area contributed by atoms with Gasteiger partial charge in [0.1, 0.15) is 6.61 Å². The van der Waals surface area contributed by atoms with Gasteiger partial charge >= 0.3 is 39.4 Å². The van der Waals surface area contributed by atoms with Crippen LogP contribution in [0.25, 0.3) is 0 Å². The lowest BCUT2D eigenvalue weighted by molar-refractivity contribution is -0.355. The maximum atomic E-state index is 13.6. The third kappa shape index (κ3) is 6.37. The molecule has 170 valence electrons. The Balaban J connectivity index is 3.16. The van der Waals surface area contributed by atoms with Gasteiger partial charge in [-0.05, 0) is 19.8 Å². The Labute approximate surface area is 162 Å².